The lowest BCUT2D eigenvalue weighted by Gasteiger charge is -2.19. The van der Waals surface area contributed by atoms with E-state index in [1.165, 1.54) is 12.1 Å². The van der Waals surface area contributed by atoms with Gasteiger partial charge in [0.2, 0.25) is 5.91 Å². The van der Waals surface area contributed by atoms with E-state index >= 15 is 0 Å². The van der Waals surface area contributed by atoms with Gasteiger partial charge in [0.15, 0.2) is 0 Å². The smallest absolute Gasteiger partial charge is 0.255 e. The van der Waals surface area contributed by atoms with Crippen molar-refractivity contribution in [2.24, 2.45) is 5.73 Å². The Bertz CT molecular complexity index is 1130. The number of benzene rings is 2. The molecule has 32 heavy (non-hydrogen) atoms. The van der Waals surface area contributed by atoms with E-state index < -0.39 is 17.3 Å². The van der Waals surface area contributed by atoms with Crippen molar-refractivity contribution in [3.63, 3.8) is 0 Å². The van der Waals surface area contributed by atoms with Gasteiger partial charge in [-0.1, -0.05) is 29.8 Å². The summed E-state index contributed by atoms with van der Waals surface area (Å²) in [4.78, 5) is 29.1. The van der Waals surface area contributed by atoms with E-state index in [0.717, 1.165) is 5.56 Å². The molecule has 1 saturated carbocycles. The van der Waals surface area contributed by atoms with E-state index in [9.17, 15) is 14.0 Å². The highest BCUT2D eigenvalue weighted by Gasteiger charge is 2.51. The van der Waals surface area contributed by atoms with Crippen molar-refractivity contribution >= 4 is 29.1 Å². The molecule has 2 aromatic carbocycles. The molecule has 1 aliphatic carbocycles. The van der Waals surface area contributed by atoms with Crippen LogP contribution in [0, 0.1) is 5.82 Å². The second-order valence-electron chi connectivity index (χ2n) is 7.84. The number of halogens is 2. The van der Waals surface area contributed by atoms with E-state index in [4.69, 9.17) is 17.3 Å². The van der Waals surface area contributed by atoms with Crippen LogP contribution in [0.25, 0.3) is 0 Å². The zero-order chi connectivity index (χ0) is 22.7. The van der Waals surface area contributed by atoms with Crippen molar-refractivity contribution in [1.82, 2.24) is 10.3 Å². The minimum atomic E-state index is -0.675. The summed E-state index contributed by atoms with van der Waals surface area (Å²) in [5.41, 5.74) is 8.22. The summed E-state index contributed by atoms with van der Waals surface area (Å²) in [6, 6.07) is 14.3. The topological polar surface area (TPSA) is 97.1 Å². The number of carbonyl (C=O) groups excluding carboxylic acids is 2. The summed E-state index contributed by atoms with van der Waals surface area (Å²) in [6.07, 6.45) is 4.56. The molecule has 0 saturated heterocycles. The average Bonchev–Trinajstić information content (AvgIpc) is 3.62. The van der Waals surface area contributed by atoms with Crippen LogP contribution < -0.4 is 16.4 Å². The minimum Gasteiger partial charge on any atom is -0.353 e. The molecule has 1 aliphatic rings. The summed E-state index contributed by atoms with van der Waals surface area (Å²) in [7, 11) is 0. The fourth-order valence-corrected chi connectivity index (χ4v) is 3.76. The van der Waals surface area contributed by atoms with E-state index in [0.29, 0.717) is 29.7 Å². The summed E-state index contributed by atoms with van der Waals surface area (Å²) in [6.45, 7) is 0.234. The number of carbonyl (C=O) groups is 2. The molecule has 3 aromatic rings. The fourth-order valence-electron chi connectivity index (χ4n) is 3.58. The number of nitrogens with zero attached hydrogens (tertiary/aromatic N) is 1. The maximum Gasteiger partial charge on any atom is 0.255 e. The highest BCUT2D eigenvalue weighted by atomic mass is 35.5. The van der Waals surface area contributed by atoms with Gasteiger partial charge < -0.3 is 16.4 Å². The highest BCUT2D eigenvalue weighted by molar-refractivity contribution is 6.30. The lowest BCUT2D eigenvalue weighted by Crippen LogP contribution is -2.38. The number of hydrogen-bond acceptors (Lipinski definition) is 4. The molecule has 6 nitrogen and oxygen atoms in total. The second kappa shape index (κ2) is 9.06. The fraction of sp³-hybridized carbons (Fsp3) is 0.208. The van der Waals surface area contributed by atoms with Gasteiger partial charge >= 0.3 is 0 Å². The number of pyridine rings is 1. The molecule has 0 spiro atoms. The van der Waals surface area contributed by atoms with Crippen molar-refractivity contribution in [3.8, 4) is 0 Å². The van der Waals surface area contributed by atoms with E-state index in [1.54, 1.807) is 54.9 Å². The summed E-state index contributed by atoms with van der Waals surface area (Å²) in [5, 5.41) is 5.70. The zero-order valence-electron chi connectivity index (χ0n) is 17.1. The number of hydrogen-bond donors (Lipinski definition) is 3. The first-order valence-corrected chi connectivity index (χ1v) is 10.6. The van der Waals surface area contributed by atoms with Crippen LogP contribution in [0.4, 0.5) is 10.1 Å². The van der Waals surface area contributed by atoms with Gasteiger partial charge in [-0.25, -0.2) is 4.39 Å². The van der Waals surface area contributed by atoms with Gasteiger partial charge in [0, 0.05) is 36.2 Å². The zero-order valence-corrected chi connectivity index (χ0v) is 17.9. The van der Waals surface area contributed by atoms with Crippen LogP contribution in [0.5, 0.6) is 0 Å². The quantitative estimate of drug-likeness (QED) is 0.505. The molecule has 2 amide bonds. The number of nitrogens with two attached hydrogens (primary N) is 1. The van der Waals surface area contributed by atoms with Crippen molar-refractivity contribution in [1.29, 1.82) is 0 Å². The predicted molar refractivity (Wildman–Crippen MR) is 121 cm³/mol. The number of nitrogens with one attached hydrogen (secondary N) is 2. The normalized spacial score (nSPS) is 15.0. The third-order valence-corrected chi connectivity index (χ3v) is 5.97. The van der Waals surface area contributed by atoms with Crippen molar-refractivity contribution in [3.05, 3.63) is 94.5 Å². The Morgan fingerprint density at radius 3 is 2.41 bits per heavy atom. The molecular formula is C24H22ClFN4O2. The SMILES string of the molecule is NC(CNC(=O)C1(c2ccc(F)c(Cl)c2)CC1)c1ccc(C(=O)Nc2ccncc2)cc1. The van der Waals surface area contributed by atoms with Crippen LogP contribution in [0.1, 0.15) is 40.4 Å². The van der Waals surface area contributed by atoms with Gasteiger partial charge in [-0.2, -0.15) is 0 Å². The minimum absolute atomic E-state index is 0.00586. The Kier molecular flexibility index (Phi) is 6.21. The monoisotopic (exact) mass is 452 g/mol. The molecule has 4 rings (SSSR count). The van der Waals surface area contributed by atoms with Crippen LogP contribution >= 0.6 is 11.6 Å². The lowest BCUT2D eigenvalue weighted by atomic mass is 9.94. The third-order valence-electron chi connectivity index (χ3n) is 5.68. The first kappa shape index (κ1) is 21.9. The molecule has 0 aliphatic heterocycles. The maximum atomic E-state index is 13.5. The molecule has 1 atom stereocenters. The summed E-state index contributed by atoms with van der Waals surface area (Å²) in [5.74, 6) is -0.895. The molecule has 1 fully saturated rings. The van der Waals surface area contributed by atoms with Crippen molar-refractivity contribution < 1.29 is 14.0 Å². The highest BCUT2D eigenvalue weighted by Crippen LogP contribution is 2.49. The van der Waals surface area contributed by atoms with Crippen LogP contribution in [-0.4, -0.2) is 23.3 Å². The predicted octanol–water partition coefficient (Wildman–Crippen LogP) is 3.97. The molecule has 1 aromatic heterocycles. The van der Waals surface area contributed by atoms with Gasteiger partial charge in [-0.3, -0.25) is 14.6 Å². The van der Waals surface area contributed by atoms with Gasteiger partial charge in [-0.15, -0.1) is 0 Å². The van der Waals surface area contributed by atoms with E-state index in [-0.39, 0.29) is 23.4 Å². The van der Waals surface area contributed by atoms with Crippen LogP contribution in [0.2, 0.25) is 5.02 Å². The Morgan fingerprint density at radius 2 is 1.78 bits per heavy atom. The Labute approximate surface area is 190 Å². The van der Waals surface area contributed by atoms with Crippen LogP contribution in [0.15, 0.2) is 67.0 Å². The Hall–Kier alpha value is -3.29. The lowest BCUT2D eigenvalue weighted by molar-refractivity contribution is -0.123. The molecule has 8 heteroatoms. The Balaban J connectivity index is 1.35. The van der Waals surface area contributed by atoms with Gasteiger partial charge in [0.25, 0.3) is 5.91 Å². The Morgan fingerprint density at radius 1 is 1.09 bits per heavy atom. The summed E-state index contributed by atoms with van der Waals surface area (Å²) >= 11 is 5.88. The second-order valence-corrected chi connectivity index (χ2v) is 8.25. The van der Waals surface area contributed by atoms with Crippen LogP contribution in [-0.2, 0) is 10.2 Å². The van der Waals surface area contributed by atoms with Crippen LogP contribution in [0.3, 0.4) is 0 Å². The maximum absolute atomic E-state index is 13.5. The van der Waals surface area contributed by atoms with E-state index in [1.807, 2.05) is 0 Å². The average molecular weight is 453 g/mol. The molecule has 0 radical (unpaired) electrons. The third kappa shape index (κ3) is 4.64. The standard InChI is InChI=1S/C24H22ClFN4O2/c25-19-13-17(5-6-20(19)26)24(9-10-24)23(32)29-14-21(27)15-1-3-16(4-2-15)22(31)30-18-7-11-28-12-8-18/h1-8,11-13,21H,9-10,14,27H2,(H,29,32)(H,28,30,31). The molecule has 1 heterocycles. The molecule has 4 N–H and O–H groups in total. The van der Waals surface area contributed by atoms with Gasteiger partial charge in [-0.05, 0) is 60.4 Å². The van der Waals surface area contributed by atoms with Gasteiger partial charge in [0.05, 0.1) is 10.4 Å². The first-order chi connectivity index (χ1) is 15.4. The largest absolute Gasteiger partial charge is 0.353 e. The molecule has 0 bridgehead atoms. The van der Waals surface area contributed by atoms with Gasteiger partial charge in [0.1, 0.15) is 5.82 Å². The first-order valence-electron chi connectivity index (χ1n) is 10.2. The molecule has 164 valence electrons. The number of rotatable bonds is 7. The molecule has 1 unspecified atom stereocenters. The number of amides is 2. The number of anilines is 1. The van der Waals surface area contributed by atoms with E-state index in [2.05, 4.69) is 15.6 Å². The van der Waals surface area contributed by atoms with Crippen molar-refractivity contribution in [2.75, 3.05) is 11.9 Å². The van der Waals surface area contributed by atoms with Crippen molar-refractivity contribution in [2.45, 2.75) is 24.3 Å². The summed E-state index contributed by atoms with van der Waals surface area (Å²) < 4.78 is 13.5. The number of aromatic nitrogens is 1. The molecular weight excluding hydrogens is 431 g/mol.